The maximum absolute atomic E-state index is 13.2. The Hall–Kier alpha value is -2.70. The molecular weight excluding hydrogens is 345 g/mol. The number of nitrogens with zero attached hydrogens (tertiary/aromatic N) is 2. The lowest BCUT2D eigenvalue weighted by Crippen LogP contribution is -2.36. The van der Waals surface area contributed by atoms with Crippen molar-refractivity contribution >= 4 is 0 Å². The van der Waals surface area contributed by atoms with Crippen molar-refractivity contribution < 1.29 is 13.9 Å². The molecule has 0 radical (unpaired) electrons. The molecule has 5 nitrogen and oxygen atoms in total. The van der Waals surface area contributed by atoms with Crippen LogP contribution in [0.15, 0.2) is 54.7 Å². The van der Waals surface area contributed by atoms with Gasteiger partial charge < -0.3 is 19.4 Å². The molecule has 3 aromatic rings. The number of rotatable bonds is 6. The molecule has 0 bridgehead atoms. The molecule has 0 aliphatic carbocycles. The topological polar surface area (TPSA) is 48.3 Å². The molecule has 2 heterocycles. The average Bonchev–Trinajstić information content (AvgIpc) is 3.12. The molecule has 0 saturated heterocycles. The molecule has 2 aromatic carbocycles. The molecule has 0 amide bonds. The van der Waals surface area contributed by atoms with Gasteiger partial charge in [-0.15, -0.1) is 0 Å². The van der Waals surface area contributed by atoms with E-state index in [1.54, 1.807) is 19.2 Å². The first-order valence-corrected chi connectivity index (χ1v) is 8.98. The van der Waals surface area contributed by atoms with Crippen molar-refractivity contribution in [2.75, 3.05) is 13.7 Å². The molecular formula is C21H22FN3O2. The second kappa shape index (κ2) is 7.90. The molecule has 140 valence electrons. The van der Waals surface area contributed by atoms with Crippen LogP contribution in [0.25, 0.3) is 11.3 Å². The Kier molecular flexibility index (Phi) is 5.18. The van der Waals surface area contributed by atoms with Crippen molar-refractivity contribution in [1.82, 2.24) is 14.9 Å². The smallest absolute Gasteiger partial charge is 0.135 e. The number of methoxy groups -OCH3 is 1. The van der Waals surface area contributed by atoms with Crippen LogP contribution in [-0.2, 0) is 24.4 Å². The van der Waals surface area contributed by atoms with Gasteiger partial charge in [-0.2, -0.15) is 0 Å². The highest BCUT2D eigenvalue weighted by Crippen LogP contribution is 2.25. The maximum Gasteiger partial charge on any atom is 0.135 e. The van der Waals surface area contributed by atoms with E-state index >= 15 is 0 Å². The zero-order valence-corrected chi connectivity index (χ0v) is 15.2. The number of fused-ring (bicyclic) bond motifs is 1. The van der Waals surface area contributed by atoms with Gasteiger partial charge in [0, 0.05) is 13.1 Å². The highest BCUT2D eigenvalue weighted by atomic mass is 19.1. The number of benzene rings is 2. The lowest BCUT2D eigenvalue weighted by Gasteiger charge is -2.26. The van der Waals surface area contributed by atoms with Crippen LogP contribution >= 0.6 is 0 Å². The number of nitrogens with one attached hydrogen (secondary N) is 1. The van der Waals surface area contributed by atoms with Crippen LogP contribution in [0.4, 0.5) is 4.39 Å². The third-order valence-electron chi connectivity index (χ3n) is 4.77. The van der Waals surface area contributed by atoms with Crippen molar-refractivity contribution in [3.05, 3.63) is 71.9 Å². The Bertz CT molecular complexity index is 891. The molecule has 1 atom stereocenters. The summed E-state index contributed by atoms with van der Waals surface area (Å²) in [5.74, 6) is 1.53. The van der Waals surface area contributed by atoms with E-state index in [1.165, 1.54) is 17.7 Å². The quantitative estimate of drug-likeness (QED) is 0.726. The van der Waals surface area contributed by atoms with Crippen molar-refractivity contribution in [2.24, 2.45) is 0 Å². The minimum absolute atomic E-state index is 0.0594. The summed E-state index contributed by atoms with van der Waals surface area (Å²) in [7, 11) is 1.66. The lowest BCUT2D eigenvalue weighted by molar-refractivity contribution is 0.00326. The summed E-state index contributed by atoms with van der Waals surface area (Å²) in [5, 5.41) is 3.45. The number of ether oxygens (including phenoxy) is 2. The Morgan fingerprint density at radius 2 is 1.96 bits per heavy atom. The van der Waals surface area contributed by atoms with Crippen LogP contribution in [0, 0.1) is 5.82 Å². The molecule has 6 heteroatoms. The number of halogens is 1. The van der Waals surface area contributed by atoms with E-state index in [1.807, 2.05) is 30.5 Å². The van der Waals surface area contributed by atoms with E-state index in [0.717, 1.165) is 42.5 Å². The average molecular weight is 367 g/mol. The first-order valence-electron chi connectivity index (χ1n) is 8.98. The molecule has 1 aliphatic heterocycles. The Morgan fingerprint density at radius 1 is 1.19 bits per heavy atom. The zero-order valence-electron chi connectivity index (χ0n) is 15.2. The fraction of sp³-hybridized carbons (Fsp3) is 0.286. The summed E-state index contributed by atoms with van der Waals surface area (Å²) >= 11 is 0. The minimum atomic E-state index is -0.235. The number of hydrogen-bond donors (Lipinski definition) is 1. The van der Waals surface area contributed by atoms with E-state index in [2.05, 4.69) is 14.9 Å². The fourth-order valence-electron chi connectivity index (χ4n) is 3.28. The van der Waals surface area contributed by atoms with Crippen molar-refractivity contribution in [1.29, 1.82) is 0 Å². The van der Waals surface area contributed by atoms with E-state index in [4.69, 9.17) is 9.47 Å². The molecule has 27 heavy (non-hydrogen) atoms. The number of imidazole rings is 1. The summed E-state index contributed by atoms with van der Waals surface area (Å²) < 4.78 is 26.5. The van der Waals surface area contributed by atoms with Gasteiger partial charge in [-0.1, -0.05) is 12.1 Å². The molecule has 1 unspecified atom stereocenters. The first kappa shape index (κ1) is 17.7. The molecule has 1 N–H and O–H groups in total. The Labute approximate surface area is 157 Å². The predicted octanol–water partition coefficient (Wildman–Crippen LogP) is 3.39. The molecule has 4 rings (SSSR count). The van der Waals surface area contributed by atoms with Gasteiger partial charge in [-0.3, -0.25) is 0 Å². The summed E-state index contributed by atoms with van der Waals surface area (Å²) in [5.41, 5.74) is 3.15. The SMILES string of the molecule is COc1ccc(CNCC2Cn3c(-c4ccc(F)cc4)cnc3CO2)cc1. The number of aromatic nitrogens is 2. The van der Waals surface area contributed by atoms with Crippen LogP contribution in [0.2, 0.25) is 0 Å². The van der Waals surface area contributed by atoms with Gasteiger partial charge in [0.1, 0.15) is 24.0 Å². The summed E-state index contributed by atoms with van der Waals surface area (Å²) in [6, 6.07) is 14.5. The van der Waals surface area contributed by atoms with E-state index in [0.29, 0.717) is 6.61 Å². The monoisotopic (exact) mass is 367 g/mol. The Balaban J connectivity index is 1.37. The summed E-state index contributed by atoms with van der Waals surface area (Å²) in [6.45, 7) is 2.71. The van der Waals surface area contributed by atoms with Crippen molar-refractivity contribution in [3.63, 3.8) is 0 Å². The van der Waals surface area contributed by atoms with Gasteiger partial charge >= 0.3 is 0 Å². The summed E-state index contributed by atoms with van der Waals surface area (Å²) in [4.78, 5) is 4.45. The second-order valence-corrected chi connectivity index (χ2v) is 6.59. The highest BCUT2D eigenvalue weighted by Gasteiger charge is 2.22. The summed E-state index contributed by atoms with van der Waals surface area (Å²) in [6.07, 6.45) is 1.89. The van der Waals surface area contributed by atoms with Gasteiger partial charge in [-0.05, 0) is 47.5 Å². The highest BCUT2D eigenvalue weighted by molar-refractivity contribution is 5.59. The first-order chi connectivity index (χ1) is 13.2. The normalized spacial score (nSPS) is 16.1. The van der Waals surface area contributed by atoms with E-state index in [9.17, 15) is 4.39 Å². The fourth-order valence-corrected chi connectivity index (χ4v) is 3.28. The second-order valence-electron chi connectivity index (χ2n) is 6.59. The lowest BCUT2D eigenvalue weighted by atomic mass is 10.1. The van der Waals surface area contributed by atoms with Crippen LogP contribution in [0.5, 0.6) is 5.75 Å². The van der Waals surface area contributed by atoms with Crippen LogP contribution in [0.1, 0.15) is 11.4 Å². The van der Waals surface area contributed by atoms with Gasteiger partial charge in [0.15, 0.2) is 0 Å². The molecule has 0 fully saturated rings. The largest absolute Gasteiger partial charge is 0.497 e. The van der Waals surface area contributed by atoms with Gasteiger partial charge in [0.2, 0.25) is 0 Å². The van der Waals surface area contributed by atoms with Crippen LogP contribution in [0.3, 0.4) is 0 Å². The van der Waals surface area contributed by atoms with Gasteiger partial charge in [0.05, 0.1) is 31.6 Å². The van der Waals surface area contributed by atoms with Crippen molar-refractivity contribution in [3.8, 4) is 17.0 Å². The van der Waals surface area contributed by atoms with E-state index < -0.39 is 0 Å². The molecule has 1 aromatic heterocycles. The van der Waals surface area contributed by atoms with E-state index in [-0.39, 0.29) is 11.9 Å². The third-order valence-corrected chi connectivity index (χ3v) is 4.77. The third kappa shape index (κ3) is 4.02. The zero-order chi connectivity index (χ0) is 18.6. The predicted molar refractivity (Wildman–Crippen MR) is 101 cm³/mol. The standard InChI is InChI=1S/C21H22FN3O2/c1-26-18-8-2-15(3-9-18)10-23-11-19-13-25-20(12-24-21(25)14-27-19)16-4-6-17(22)7-5-16/h2-9,12,19,23H,10-11,13-14H2,1H3. The van der Waals surface area contributed by atoms with Gasteiger partial charge in [0.25, 0.3) is 0 Å². The molecule has 1 aliphatic rings. The van der Waals surface area contributed by atoms with Crippen LogP contribution < -0.4 is 10.1 Å². The Morgan fingerprint density at radius 3 is 2.70 bits per heavy atom. The van der Waals surface area contributed by atoms with Crippen molar-refractivity contribution in [2.45, 2.75) is 25.8 Å². The molecule has 0 saturated carbocycles. The van der Waals surface area contributed by atoms with Crippen LogP contribution in [-0.4, -0.2) is 29.3 Å². The van der Waals surface area contributed by atoms with Gasteiger partial charge in [-0.25, -0.2) is 9.37 Å². The maximum atomic E-state index is 13.2. The molecule has 0 spiro atoms. The number of hydrogen-bond acceptors (Lipinski definition) is 4. The minimum Gasteiger partial charge on any atom is -0.497 e.